The van der Waals surface area contributed by atoms with Gasteiger partial charge in [0.2, 0.25) is 0 Å². The molecule has 0 heterocycles. The predicted molar refractivity (Wildman–Crippen MR) is 53.0 cm³/mol. The molecule has 0 saturated carbocycles. The summed E-state index contributed by atoms with van der Waals surface area (Å²) in [6.07, 6.45) is -5.37. The molecule has 0 aliphatic heterocycles. The highest BCUT2D eigenvalue weighted by molar-refractivity contribution is 5.92. The van der Waals surface area contributed by atoms with Crippen LogP contribution in [-0.2, 0) is 4.79 Å². The largest absolute Gasteiger partial charge is 0.391 e. The molecule has 0 rings (SSSR count). The van der Waals surface area contributed by atoms with Gasteiger partial charge in [0.15, 0.2) is 0 Å². The van der Waals surface area contributed by atoms with Crippen molar-refractivity contribution in [1.29, 1.82) is 0 Å². The van der Waals surface area contributed by atoms with E-state index in [1.165, 1.54) is 14.1 Å². The van der Waals surface area contributed by atoms with Gasteiger partial charge in [-0.05, 0) is 0 Å². The molecule has 5 N–H and O–H groups in total. The zero-order chi connectivity index (χ0) is 12.8. The van der Waals surface area contributed by atoms with E-state index in [0.29, 0.717) is 0 Å². The number of nitrogens with two attached hydrogens (primary N) is 1. The lowest BCUT2D eigenvalue weighted by molar-refractivity contribution is -0.135. The van der Waals surface area contributed by atoms with Gasteiger partial charge < -0.3 is 21.7 Å². The summed E-state index contributed by atoms with van der Waals surface area (Å²) < 4.78 is 35.3. The first-order valence-corrected chi connectivity index (χ1v) is 4.52. The van der Waals surface area contributed by atoms with Crippen molar-refractivity contribution in [3.63, 3.8) is 0 Å². The van der Waals surface area contributed by atoms with Crippen molar-refractivity contribution in [2.24, 2.45) is 5.73 Å². The van der Waals surface area contributed by atoms with Gasteiger partial charge in [0.05, 0.1) is 6.42 Å². The molecule has 0 aromatic carbocycles. The normalized spacial score (nSPS) is 10.6. The highest BCUT2D eigenvalue weighted by Crippen LogP contribution is 2.18. The highest BCUT2D eigenvalue weighted by Gasteiger charge is 2.26. The average molecular weight is 240 g/mol. The van der Waals surface area contributed by atoms with Gasteiger partial charge in [0.1, 0.15) is 11.5 Å². The molecule has 0 radical (unpaired) electrons. The highest BCUT2D eigenvalue weighted by atomic mass is 19.4. The Labute approximate surface area is 91.3 Å². The first-order valence-electron chi connectivity index (χ1n) is 4.52. The Balaban J connectivity index is 4.22. The third kappa shape index (κ3) is 5.32. The number of alkyl halides is 3. The third-order valence-corrected chi connectivity index (χ3v) is 1.71. The van der Waals surface area contributed by atoms with Crippen molar-refractivity contribution in [2.75, 3.05) is 20.6 Å². The van der Waals surface area contributed by atoms with E-state index in [9.17, 15) is 18.0 Å². The molecule has 8 heteroatoms. The van der Waals surface area contributed by atoms with Crippen molar-refractivity contribution < 1.29 is 18.0 Å². The molecule has 0 spiro atoms. The van der Waals surface area contributed by atoms with Crippen LogP contribution in [0.25, 0.3) is 0 Å². The van der Waals surface area contributed by atoms with E-state index in [4.69, 9.17) is 5.73 Å². The standard InChI is InChI=1S/C8H15F3N4O/c1-13-6(14-2)5(12)7(16)15-4-3-8(9,10)11/h13-14H,3-4,12H2,1-2H3,(H,15,16). The molecule has 1 amide bonds. The Morgan fingerprint density at radius 1 is 1.25 bits per heavy atom. The molecule has 0 aliphatic carbocycles. The van der Waals surface area contributed by atoms with Crippen molar-refractivity contribution in [3.8, 4) is 0 Å². The van der Waals surface area contributed by atoms with Gasteiger partial charge in [-0.3, -0.25) is 4.79 Å². The Morgan fingerprint density at radius 2 is 1.75 bits per heavy atom. The van der Waals surface area contributed by atoms with Crippen LogP contribution in [0.15, 0.2) is 11.5 Å². The van der Waals surface area contributed by atoms with Gasteiger partial charge in [-0.2, -0.15) is 13.2 Å². The zero-order valence-corrected chi connectivity index (χ0v) is 9.03. The second-order valence-corrected chi connectivity index (χ2v) is 2.91. The summed E-state index contributed by atoms with van der Waals surface area (Å²) in [5.41, 5.74) is 5.21. The second-order valence-electron chi connectivity index (χ2n) is 2.91. The Morgan fingerprint density at radius 3 is 2.12 bits per heavy atom. The number of carbonyl (C=O) groups excluding carboxylic acids is 1. The maximum absolute atomic E-state index is 11.8. The lowest BCUT2D eigenvalue weighted by Crippen LogP contribution is -2.36. The van der Waals surface area contributed by atoms with Crippen LogP contribution in [0.1, 0.15) is 6.42 Å². The first kappa shape index (κ1) is 14.4. The van der Waals surface area contributed by atoms with E-state index >= 15 is 0 Å². The van der Waals surface area contributed by atoms with E-state index in [0.717, 1.165) is 0 Å². The molecule has 5 nitrogen and oxygen atoms in total. The smallest absolute Gasteiger partial charge is 0.390 e. The van der Waals surface area contributed by atoms with Crippen molar-refractivity contribution in [2.45, 2.75) is 12.6 Å². The first-order chi connectivity index (χ1) is 7.31. The van der Waals surface area contributed by atoms with Gasteiger partial charge in [0.25, 0.3) is 5.91 Å². The van der Waals surface area contributed by atoms with Crippen LogP contribution in [-0.4, -0.2) is 32.7 Å². The summed E-state index contributed by atoms with van der Waals surface area (Å²) in [6, 6.07) is 0. The Hall–Kier alpha value is -1.60. The molecule has 0 atom stereocenters. The third-order valence-electron chi connectivity index (χ3n) is 1.71. The van der Waals surface area contributed by atoms with E-state index in [1.54, 1.807) is 0 Å². The maximum Gasteiger partial charge on any atom is 0.390 e. The molecule has 0 aliphatic rings. The summed E-state index contributed by atoms with van der Waals surface area (Å²) in [5, 5.41) is 7.27. The molecule has 0 fully saturated rings. The van der Waals surface area contributed by atoms with Crippen molar-refractivity contribution in [1.82, 2.24) is 16.0 Å². The minimum atomic E-state index is -4.29. The van der Waals surface area contributed by atoms with Crippen molar-refractivity contribution in [3.05, 3.63) is 11.5 Å². The zero-order valence-electron chi connectivity index (χ0n) is 9.03. The van der Waals surface area contributed by atoms with Gasteiger partial charge in [-0.15, -0.1) is 0 Å². The summed E-state index contributed by atoms with van der Waals surface area (Å²) in [5.74, 6) is -0.493. The fourth-order valence-corrected chi connectivity index (χ4v) is 0.921. The predicted octanol–water partition coefficient (Wildman–Crippen LogP) is -0.378. The number of nitrogens with one attached hydrogen (secondary N) is 3. The molecular formula is C8H15F3N4O. The van der Waals surface area contributed by atoms with Crippen LogP contribution in [0.3, 0.4) is 0 Å². The minimum Gasteiger partial charge on any atom is -0.391 e. The van der Waals surface area contributed by atoms with Gasteiger partial charge in [-0.25, -0.2) is 0 Å². The van der Waals surface area contributed by atoms with Crippen LogP contribution in [0, 0.1) is 0 Å². The van der Waals surface area contributed by atoms with Crippen LogP contribution in [0.2, 0.25) is 0 Å². The van der Waals surface area contributed by atoms with Crippen LogP contribution in [0.5, 0.6) is 0 Å². The van der Waals surface area contributed by atoms with Gasteiger partial charge in [0, 0.05) is 20.6 Å². The summed E-state index contributed by atoms with van der Waals surface area (Å²) in [7, 11) is 3.06. The Kier molecular flexibility index (Phi) is 5.48. The number of halogens is 3. The molecule has 94 valence electrons. The van der Waals surface area contributed by atoms with Gasteiger partial charge >= 0.3 is 6.18 Å². The molecule has 0 saturated heterocycles. The molecule has 0 aromatic heterocycles. The minimum absolute atomic E-state index is 0.188. The van der Waals surface area contributed by atoms with Crippen LogP contribution >= 0.6 is 0 Å². The number of rotatable bonds is 5. The second kappa shape index (κ2) is 6.09. The summed E-state index contributed by atoms with van der Waals surface area (Å²) in [6.45, 7) is -0.496. The SMILES string of the molecule is CNC(NC)=C(N)C(=O)NCCC(F)(F)F. The quantitative estimate of drug-likeness (QED) is 0.494. The molecule has 16 heavy (non-hydrogen) atoms. The number of hydrogen-bond donors (Lipinski definition) is 4. The summed E-state index contributed by atoms with van der Waals surface area (Å²) >= 11 is 0. The van der Waals surface area contributed by atoms with E-state index < -0.39 is 25.0 Å². The maximum atomic E-state index is 11.8. The van der Waals surface area contributed by atoms with E-state index in [1.807, 2.05) is 0 Å². The monoisotopic (exact) mass is 240 g/mol. The number of carbonyl (C=O) groups is 1. The van der Waals surface area contributed by atoms with Gasteiger partial charge in [-0.1, -0.05) is 0 Å². The molecule has 0 bridgehead atoms. The number of hydrogen-bond acceptors (Lipinski definition) is 4. The lowest BCUT2D eigenvalue weighted by Gasteiger charge is -2.11. The van der Waals surface area contributed by atoms with E-state index in [-0.39, 0.29) is 11.5 Å². The molecule has 0 unspecified atom stereocenters. The van der Waals surface area contributed by atoms with Crippen LogP contribution < -0.4 is 21.7 Å². The van der Waals surface area contributed by atoms with Crippen LogP contribution in [0.4, 0.5) is 13.2 Å². The number of amides is 1. The Bertz CT molecular complexity index is 269. The average Bonchev–Trinajstić information content (AvgIpc) is 2.17. The fraction of sp³-hybridized carbons (Fsp3) is 0.625. The molecular weight excluding hydrogens is 225 g/mol. The molecule has 0 aromatic rings. The van der Waals surface area contributed by atoms with Crippen molar-refractivity contribution >= 4 is 5.91 Å². The summed E-state index contributed by atoms with van der Waals surface area (Å²) in [4.78, 5) is 11.2. The van der Waals surface area contributed by atoms with E-state index in [2.05, 4.69) is 16.0 Å². The lowest BCUT2D eigenvalue weighted by atomic mass is 10.3. The topological polar surface area (TPSA) is 79.2 Å². The fourth-order valence-electron chi connectivity index (χ4n) is 0.921.